The molecule has 1 aromatic heterocycles. The van der Waals surface area contributed by atoms with Crippen LogP contribution in [0.25, 0.3) is 11.3 Å². The van der Waals surface area contributed by atoms with Crippen LogP contribution in [-0.4, -0.2) is 56.8 Å². The predicted molar refractivity (Wildman–Crippen MR) is 231 cm³/mol. The van der Waals surface area contributed by atoms with E-state index in [4.69, 9.17) is 16.0 Å². The van der Waals surface area contributed by atoms with Crippen LogP contribution in [-0.2, 0) is 18.2 Å². The lowest BCUT2D eigenvalue weighted by Gasteiger charge is -2.48. The van der Waals surface area contributed by atoms with Crippen molar-refractivity contribution in [1.29, 1.82) is 0 Å². The monoisotopic (exact) mass is 851 g/mol. The zero-order chi connectivity index (χ0) is 43.2. The largest absolute Gasteiger partial charge is 0.453 e. The molecule has 10 heteroatoms. The molecule has 0 radical (unpaired) electrons. The van der Waals surface area contributed by atoms with E-state index in [1.165, 1.54) is 23.8 Å². The van der Waals surface area contributed by atoms with Crippen molar-refractivity contribution in [1.82, 2.24) is 4.90 Å². The van der Waals surface area contributed by atoms with Gasteiger partial charge in [0.05, 0.1) is 22.3 Å². The minimum Gasteiger partial charge on any atom is -0.453 e. The van der Waals surface area contributed by atoms with Gasteiger partial charge in [-0.3, -0.25) is 9.69 Å². The Labute approximate surface area is 360 Å². The van der Waals surface area contributed by atoms with Gasteiger partial charge in [-0.2, -0.15) is 13.2 Å². The number of halogens is 4. The molecule has 320 valence electrons. The fraction of sp³-hybridized carbons (Fsp3) is 0.392. The second-order valence-corrected chi connectivity index (χ2v) is 18.2. The molecule has 5 aromatic rings. The van der Waals surface area contributed by atoms with Crippen LogP contribution in [0.5, 0.6) is 0 Å². The maximum absolute atomic E-state index is 14.8. The van der Waals surface area contributed by atoms with Crippen molar-refractivity contribution >= 4 is 17.4 Å². The molecule has 1 aliphatic heterocycles. The van der Waals surface area contributed by atoms with Crippen molar-refractivity contribution in [3.05, 3.63) is 165 Å². The molecule has 3 N–H and O–H groups in total. The maximum Gasteiger partial charge on any atom is 0.416 e. The highest BCUT2D eigenvalue weighted by atomic mass is 35.5. The number of rotatable bonds is 8. The highest BCUT2D eigenvalue weighted by Gasteiger charge is 2.59. The van der Waals surface area contributed by atoms with Crippen LogP contribution in [0.4, 0.5) is 13.2 Å². The molecule has 6 nitrogen and oxygen atoms in total. The van der Waals surface area contributed by atoms with E-state index in [9.17, 15) is 33.3 Å². The number of ketones is 1. The summed E-state index contributed by atoms with van der Waals surface area (Å²) in [6.45, 7) is 5.24. The molecule has 3 aliphatic carbocycles. The van der Waals surface area contributed by atoms with Crippen LogP contribution in [0.15, 0.2) is 125 Å². The minimum atomic E-state index is -4.60. The lowest BCUT2D eigenvalue weighted by molar-refractivity contribution is -0.137. The van der Waals surface area contributed by atoms with Crippen LogP contribution >= 0.6 is 11.6 Å². The summed E-state index contributed by atoms with van der Waals surface area (Å²) in [5.41, 5.74) is 0.477. The topological polar surface area (TPSA) is 94.1 Å². The molecule has 2 bridgehead atoms. The number of likely N-dealkylation sites (tertiary alicyclic amines) is 1. The molecule has 1 saturated heterocycles. The number of β-amino-alcohol motifs (C(OH)–C–C–N with tert-alkyl or cyclic N) is 1. The third-order valence-electron chi connectivity index (χ3n) is 14.0. The molecule has 4 aliphatic rings. The molecule has 2 heterocycles. The second kappa shape index (κ2) is 17.0. The van der Waals surface area contributed by atoms with Crippen molar-refractivity contribution < 1.29 is 37.7 Å². The molecule has 5 atom stereocenters. The number of hydrogen-bond donors (Lipinski definition) is 3. The van der Waals surface area contributed by atoms with Crippen molar-refractivity contribution in [3.63, 3.8) is 0 Å². The first-order valence-electron chi connectivity index (χ1n) is 21.4. The third kappa shape index (κ3) is 8.28. The number of furan rings is 1. The number of carbonyl (C=O) groups excluding carboxylic acids is 1. The summed E-state index contributed by atoms with van der Waals surface area (Å²) in [5.74, 6) is -0.750. The lowest BCUT2D eigenvalue weighted by Crippen LogP contribution is -2.57. The molecule has 4 aromatic carbocycles. The number of alkyl halides is 3. The SMILES string of the molecule is CC1=CCC[C@@]2(C)[C@@H](CC[C@@]2(O)CN2CCC[C@@H]2C(O)(c2ccccc2)c2ccccc2)c2ccc(cc2C(=O)c2ccc(-c3cc(C(F)(F)F)ccc3Cl)o2)C[C@@H](O)CC1. The van der Waals surface area contributed by atoms with Gasteiger partial charge in [0.1, 0.15) is 11.4 Å². The van der Waals surface area contributed by atoms with Crippen LogP contribution in [0.3, 0.4) is 0 Å². The van der Waals surface area contributed by atoms with E-state index in [-0.39, 0.29) is 34.1 Å². The van der Waals surface area contributed by atoms with Gasteiger partial charge in [0.2, 0.25) is 5.78 Å². The summed E-state index contributed by atoms with van der Waals surface area (Å²) < 4.78 is 47.1. The Morgan fingerprint density at radius 2 is 1.59 bits per heavy atom. The first kappa shape index (κ1) is 43.2. The normalized spacial score (nSPS) is 25.3. The van der Waals surface area contributed by atoms with Crippen LogP contribution in [0, 0.1) is 5.41 Å². The van der Waals surface area contributed by atoms with Gasteiger partial charge in [0.25, 0.3) is 0 Å². The van der Waals surface area contributed by atoms with E-state index in [1.54, 1.807) is 0 Å². The summed E-state index contributed by atoms with van der Waals surface area (Å²) in [6.07, 6.45) is 2.47. The number of allylic oxidation sites excluding steroid dienone is 2. The number of benzene rings is 4. The predicted octanol–water partition coefficient (Wildman–Crippen LogP) is 11.3. The van der Waals surface area contributed by atoms with Crippen molar-refractivity contribution in [2.45, 2.75) is 107 Å². The smallest absolute Gasteiger partial charge is 0.416 e. The van der Waals surface area contributed by atoms with Gasteiger partial charge in [-0.1, -0.05) is 103 Å². The molecule has 0 unspecified atom stereocenters. The molecule has 0 spiro atoms. The van der Waals surface area contributed by atoms with Crippen molar-refractivity contribution in [2.24, 2.45) is 5.41 Å². The van der Waals surface area contributed by atoms with Gasteiger partial charge in [0, 0.05) is 29.1 Å². The summed E-state index contributed by atoms with van der Waals surface area (Å²) in [7, 11) is 0. The van der Waals surface area contributed by atoms with Crippen LogP contribution < -0.4 is 0 Å². The molecule has 61 heavy (non-hydrogen) atoms. The van der Waals surface area contributed by atoms with Crippen LogP contribution in [0.1, 0.15) is 115 Å². The summed E-state index contributed by atoms with van der Waals surface area (Å²) in [6, 6.07) is 30.8. The number of aliphatic hydroxyl groups excluding tert-OH is 1. The van der Waals surface area contributed by atoms with E-state index in [2.05, 4.69) is 24.8 Å². The molecule has 1 saturated carbocycles. The number of aliphatic hydroxyl groups is 3. The van der Waals surface area contributed by atoms with Crippen molar-refractivity contribution in [2.75, 3.05) is 13.1 Å². The Morgan fingerprint density at radius 3 is 2.28 bits per heavy atom. The average molecular weight is 852 g/mol. The first-order valence-corrected chi connectivity index (χ1v) is 21.8. The quantitative estimate of drug-likeness (QED) is 0.106. The highest BCUT2D eigenvalue weighted by molar-refractivity contribution is 6.33. The molecule has 2 fully saturated rings. The van der Waals surface area contributed by atoms with Gasteiger partial charge >= 0.3 is 6.18 Å². The molecular weight excluding hydrogens is 799 g/mol. The Morgan fingerprint density at radius 1 is 0.885 bits per heavy atom. The molecule has 0 amide bonds. The van der Waals surface area contributed by atoms with E-state index >= 15 is 0 Å². The van der Waals surface area contributed by atoms with E-state index in [1.807, 2.05) is 78.9 Å². The van der Waals surface area contributed by atoms with Gasteiger partial charge in [-0.15, -0.1) is 0 Å². The summed E-state index contributed by atoms with van der Waals surface area (Å²) in [5, 5.41) is 37.4. The van der Waals surface area contributed by atoms with Crippen molar-refractivity contribution in [3.8, 4) is 11.3 Å². The fourth-order valence-electron chi connectivity index (χ4n) is 10.6. The third-order valence-corrected chi connectivity index (χ3v) is 14.4. The second-order valence-electron chi connectivity index (χ2n) is 17.8. The number of hydrogen-bond acceptors (Lipinski definition) is 6. The Kier molecular flexibility index (Phi) is 12.0. The average Bonchev–Trinajstić information content (AvgIpc) is 3.99. The first-order chi connectivity index (χ1) is 29.1. The zero-order valence-electron chi connectivity index (χ0n) is 34.6. The maximum atomic E-state index is 14.8. The van der Waals surface area contributed by atoms with E-state index in [0.29, 0.717) is 63.6 Å². The Bertz CT molecular complexity index is 2360. The zero-order valence-corrected chi connectivity index (χ0v) is 35.4. The molecular formula is C51H53ClF3NO5. The van der Waals surface area contributed by atoms with E-state index < -0.39 is 40.2 Å². The summed E-state index contributed by atoms with van der Waals surface area (Å²) >= 11 is 6.37. The standard InChI is InChI=1S/C51H53ClF3NO5/c1-33-11-9-26-48(2)42(25-27-49(48,59)32-56-28-10-16-46(56)50(60,35-12-5-3-6-13-35)36-14-7-4-8-15-36)39-21-18-34(29-38(57)20-17-33)30-40(39)47(58)45-24-23-44(61-45)41-31-37(51(53,54)55)19-22-43(41)52/h3-8,11-15,18-19,21-24,30-31,38,42,46,57,59-60H,9-10,16-17,20,25-29,32H2,1-2H3/t38-,42-,46+,48-,49+/m0/s1. The molecule has 9 rings (SSSR count). The number of carbonyl (C=O) groups is 1. The van der Waals surface area contributed by atoms with Gasteiger partial charge in [0.15, 0.2) is 5.76 Å². The van der Waals surface area contributed by atoms with E-state index in [0.717, 1.165) is 47.2 Å². The highest BCUT2D eigenvalue weighted by Crippen LogP contribution is 2.59. The van der Waals surface area contributed by atoms with Gasteiger partial charge in [-0.25, -0.2) is 0 Å². The number of nitrogens with zero attached hydrogens (tertiary/aromatic N) is 1. The summed E-state index contributed by atoms with van der Waals surface area (Å²) in [4.78, 5) is 17.0. The minimum absolute atomic E-state index is 0.0190. The van der Waals surface area contributed by atoms with Gasteiger partial charge < -0.3 is 19.7 Å². The Hall–Kier alpha value is -4.51. The Balaban J connectivity index is 1.18. The fourth-order valence-corrected chi connectivity index (χ4v) is 10.8. The van der Waals surface area contributed by atoms with Crippen LogP contribution in [0.2, 0.25) is 5.02 Å². The number of fused-ring (bicyclic) bond motifs is 8. The lowest BCUT2D eigenvalue weighted by atomic mass is 9.64. The van der Waals surface area contributed by atoms with Gasteiger partial charge in [-0.05, 0) is 136 Å².